The highest BCUT2D eigenvalue weighted by Gasteiger charge is 2.32. The number of piperazine rings is 1. The number of alkyl halides is 3. The topological polar surface area (TPSA) is 44.4 Å². The van der Waals surface area contributed by atoms with Crippen molar-refractivity contribution in [2.75, 3.05) is 33.2 Å². The zero-order valence-corrected chi connectivity index (χ0v) is 16.9. The van der Waals surface area contributed by atoms with Crippen molar-refractivity contribution in [3.8, 4) is 17.0 Å². The van der Waals surface area contributed by atoms with Gasteiger partial charge in [0.25, 0.3) is 0 Å². The number of hydrogen-bond donors (Lipinski definition) is 1. The fourth-order valence-corrected chi connectivity index (χ4v) is 3.90. The number of H-pyrrole nitrogens is 1. The highest BCUT2D eigenvalue weighted by atomic mass is 19.4. The monoisotopic (exact) mass is 434 g/mol. The Morgan fingerprint density at radius 1 is 1.00 bits per heavy atom. The maximum atomic E-state index is 14.5. The first kappa shape index (κ1) is 21.3. The van der Waals surface area contributed by atoms with E-state index < -0.39 is 6.36 Å². The van der Waals surface area contributed by atoms with E-state index in [-0.39, 0.29) is 17.6 Å². The number of likely N-dealkylation sites (N-methyl/N-ethyl adjacent to an activating group) is 1. The first-order chi connectivity index (χ1) is 14.8. The fourth-order valence-electron chi connectivity index (χ4n) is 3.90. The average molecular weight is 434 g/mol. The molecule has 1 aliphatic rings. The number of ether oxygens (including phenoxy) is 1. The molecule has 1 N–H and O–H groups in total. The van der Waals surface area contributed by atoms with Crippen molar-refractivity contribution in [2.45, 2.75) is 12.4 Å². The summed E-state index contributed by atoms with van der Waals surface area (Å²) in [6, 6.07) is 11.9. The van der Waals surface area contributed by atoms with Crippen LogP contribution in [0.25, 0.3) is 11.3 Å². The van der Waals surface area contributed by atoms with Gasteiger partial charge in [-0.3, -0.25) is 10.00 Å². The van der Waals surface area contributed by atoms with E-state index in [2.05, 4.69) is 24.7 Å². The first-order valence-electron chi connectivity index (χ1n) is 9.88. The number of nitrogens with one attached hydrogen (secondary N) is 1. The molecule has 1 atom stereocenters. The molecule has 0 bridgehead atoms. The van der Waals surface area contributed by atoms with Crippen LogP contribution in [-0.2, 0) is 0 Å². The summed E-state index contributed by atoms with van der Waals surface area (Å²) in [6.45, 7) is 3.20. The normalized spacial score (nSPS) is 16.9. The molecule has 3 aromatic rings. The molecular weight excluding hydrogens is 412 g/mol. The minimum Gasteiger partial charge on any atom is -0.406 e. The molecule has 0 saturated carbocycles. The lowest BCUT2D eigenvalue weighted by Gasteiger charge is -2.38. The molecular formula is C22H22F4N4O. The van der Waals surface area contributed by atoms with Crippen LogP contribution in [0, 0.1) is 5.82 Å². The zero-order chi connectivity index (χ0) is 22.0. The van der Waals surface area contributed by atoms with Crippen LogP contribution in [0.4, 0.5) is 17.6 Å². The summed E-state index contributed by atoms with van der Waals surface area (Å²) in [5.74, 6) is -0.658. The van der Waals surface area contributed by atoms with Crippen molar-refractivity contribution in [3.05, 3.63) is 71.7 Å². The highest BCUT2D eigenvalue weighted by Crippen LogP contribution is 2.37. The maximum absolute atomic E-state index is 14.5. The molecule has 2 aromatic carbocycles. The summed E-state index contributed by atoms with van der Waals surface area (Å²) in [5, 5.41) is 7.06. The van der Waals surface area contributed by atoms with Crippen molar-refractivity contribution in [1.29, 1.82) is 0 Å². The van der Waals surface area contributed by atoms with Gasteiger partial charge in [0.2, 0.25) is 0 Å². The number of benzene rings is 2. The second-order valence-corrected chi connectivity index (χ2v) is 7.54. The second-order valence-electron chi connectivity index (χ2n) is 7.54. The Kier molecular flexibility index (Phi) is 5.97. The largest absolute Gasteiger partial charge is 0.573 e. The van der Waals surface area contributed by atoms with Crippen LogP contribution in [0.5, 0.6) is 5.75 Å². The molecule has 1 aliphatic heterocycles. The Balaban J connectivity index is 1.73. The molecule has 0 spiro atoms. The van der Waals surface area contributed by atoms with E-state index in [9.17, 15) is 17.6 Å². The van der Waals surface area contributed by atoms with Gasteiger partial charge in [-0.25, -0.2) is 4.39 Å². The quantitative estimate of drug-likeness (QED) is 0.603. The molecule has 0 aliphatic carbocycles. The lowest BCUT2D eigenvalue weighted by molar-refractivity contribution is -0.274. The molecule has 1 unspecified atom stereocenters. The first-order valence-corrected chi connectivity index (χ1v) is 9.88. The number of hydrogen-bond acceptors (Lipinski definition) is 4. The van der Waals surface area contributed by atoms with Gasteiger partial charge in [-0.2, -0.15) is 5.10 Å². The fraction of sp³-hybridized carbons (Fsp3) is 0.318. The van der Waals surface area contributed by atoms with Crippen LogP contribution < -0.4 is 4.74 Å². The third kappa shape index (κ3) is 4.88. The van der Waals surface area contributed by atoms with Gasteiger partial charge in [0.15, 0.2) is 0 Å². The molecule has 1 aromatic heterocycles. The number of aromatic amines is 1. The van der Waals surface area contributed by atoms with E-state index in [4.69, 9.17) is 0 Å². The smallest absolute Gasteiger partial charge is 0.406 e. The van der Waals surface area contributed by atoms with Crippen molar-refractivity contribution in [3.63, 3.8) is 0 Å². The van der Waals surface area contributed by atoms with Gasteiger partial charge >= 0.3 is 6.36 Å². The van der Waals surface area contributed by atoms with Crippen molar-refractivity contribution in [1.82, 2.24) is 20.0 Å². The van der Waals surface area contributed by atoms with Crippen molar-refractivity contribution in [2.24, 2.45) is 0 Å². The Bertz CT molecular complexity index is 1010. The Labute approximate surface area is 177 Å². The SMILES string of the molecule is CN1CCN(C(c2ccc(OC(F)(F)F)cc2)c2cn[nH]c2-c2ccccc2F)CC1. The van der Waals surface area contributed by atoms with Gasteiger partial charge in [-0.1, -0.05) is 24.3 Å². The van der Waals surface area contributed by atoms with Crippen molar-refractivity contribution < 1.29 is 22.3 Å². The van der Waals surface area contributed by atoms with E-state index in [0.717, 1.165) is 37.3 Å². The van der Waals surface area contributed by atoms with E-state index in [1.807, 2.05) is 7.05 Å². The van der Waals surface area contributed by atoms with E-state index in [1.165, 1.54) is 18.2 Å². The van der Waals surface area contributed by atoms with Gasteiger partial charge in [0.1, 0.15) is 11.6 Å². The molecule has 31 heavy (non-hydrogen) atoms. The van der Waals surface area contributed by atoms with Gasteiger partial charge in [0, 0.05) is 37.3 Å². The van der Waals surface area contributed by atoms with Gasteiger partial charge < -0.3 is 9.64 Å². The Morgan fingerprint density at radius 2 is 1.68 bits per heavy atom. The average Bonchev–Trinajstić information content (AvgIpc) is 3.19. The van der Waals surface area contributed by atoms with Crippen LogP contribution in [-0.4, -0.2) is 59.6 Å². The molecule has 164 valence electrons. The van der Waals surface area contributed by atoms with Crippen LogP contribution in [0.2, 0.25) is 0 Å². The summed E-state index contributed by atoms with van der Waals surface area (Å²) in [4.78, 5) is 4.44. The minimum atomic E-state index is -4.75. The van der Waals surface area contributed by atoms with E-state index in [1.54, 1.807) is 36.5 Å². The van der Waals surface area contributed by atoms with E-state index >= 15 is 0 Å². The molecule has 0 amide bonds. The van der Waals surface area contributed by atoms with Crippen LogP contribution in [0.1, 0.15) is 17.2 Å². The third-order valence-electron chi connectivity index (χ3n) is 5.44. The van der Waals surface area contributed by atoms with Gasteiger partial charge in [-0.15, -0.1) is 13.2 Å². The maximum Gasteiger partial charge on any atom is 0.573 e. The van der Waals surface area contributed by atoms with Crippen LogP contribution in [0.15, 0.2) is 54.7 Å². The standard InChI is InChI=1S/C22H22F4N4O/c1-29-10-12-30(13-11-29)21(15-6-8-16(9-7-15)31-22(24,25)26)18-14-27-28-20(18)17-4-2-3-5-19(17)23/h2-9,14,21H,10-13H2,1H3,(H,27,28). The van der Waals surface area contributed by atoms with Crippen LogP contribution >= 0.6 is 0 Å². The molecule has 1 saturated heterocycles. The molecule has 1 fully saturated rings. The lowest BCUT2D eigenvalue weighted by Crippen LogP contribution is -2.46. The second kappa shape index (κ2) is 8.68. The van der Waals surface area contributed by atoms with E-state index in [0.29, 0.717) is 11.3 Å². The summed E-state index contributed by atoms with van der Waals surface area (Å²) >= 11 is 0. The minimum absolute atomic E-state index is 0.283. The van der Waals surface area contributed by atoms with Crippen molar-refractivity contribution >= 4 is 0 Å². The predicted molar refractivity (Wildman–Crippen MR) is 108 cm³/mol. The Morgan fingerprint density at radius 3 is 2.32 bits per heavy atom. The predicted octanol–water partition coefficient (Wildman–Crippen LogP) is 4.45. The summed E-state index contributed by atoms with van der Waals surface area (Å²) in [7, 11) is 2.04. The molecule has 5 nitrogen and oxygen atoms in total. The number of aromatic nitrogens is 2. The highest BCUT2D eigenvalue weighted by molar-refractivity contribution is 5.65. The van der Waals surface area contributed by atoms with Gasteiger partial charge in [-0.05, 0) is 36.9 Å². The lowest BCUT2D eigenvalue weighted by atomic mass is 9.94. The number of halogens is 4. The summed E-state index contributed by atoms with van der Waals surface area (Å²) < 4.78 is 56.2. The third-order valence-corrected chi connectivity index (χ3v) is 5.44. The van der Waals surface area contributed by atoms with Gasteiger partial charge in [0.05, 0.1) is 17.9 Å². The summed E-state index contributed by atoms with van der Waals surface area (Å²) in [5.41, 5.74) is 2.49. The molecule has 2 heterocycles. The molecule has 0 radical (unpaired) electrons. The molecule has 4 rings (SSSR count). The Hall–Kier alpha value is -2.91. The van der Waals surface area contributed by atoms with Crippen LogP contribution in [0.3, 0.4) is 0 Å². The number of rotatable bonds is 5. The molecule has 9 heteroatoms. The summed E-state index contributed by atoms with van der Waals surface area (Å²) in [6.07, 6.45) is -3.09. The number of nitrogens with zero attached hydrogens (tertiary/aromatic N) is 3. The zero-order valence-electron chi connectivity index (χ0n) is 16.9.